The number of aryl methyl sites for hydroxylation is 2. The number of hydrogen-bond donors (Lipinski definition) is 0. The number of pyridine rings is 2. The monoisotopic (exact) mass is 333 g/mol. The van der Waals surface area contributed by atoms with Crippen LogP contribution >= 0.6 is 0 Å². The van der Waals surface area contributed by atoms with Crippen molar-refractivity contribution in [2.24, 2.45) is 0 Å². The standard InChI is InChI=1S/2C9H13N.Cu/c2*1-2-3-5-9-6-4-7-10-8-9;/h2*4,6-8H,2-3,5H2,1H3;. The smallest absolute Gasteiger partial charge is 0.0299 e. The minimum Gasteiger partial charge on any atom is -0.264 e. The molecule has 0 atom stereocenters. The molecule has 2 aromatic rings. The Balaban J connectivity index is 0.000000364. The number of rotatable bonds is 6. The fourth-order valence-corrected chi connectivity index (χ4v) is 1.85. The van der Waals surface area contributed by atoms with Crippen molar-refractivity contribution in [3.05, 3.63) is 60.2 Å². The molecule has 2 aromatic heterocycles. The summed E-state index contributed by atoms with van der Waals surface area (Å²) >= 11 is 0. The minimum atomic E-state index is 0. The van der Waals surface area contributed by atoms with Crippen molar-refractivity contribution < 1.29 is 17.1 Å². The number of hydrogen-bond acceptors (Lipinski definition) is 2. The van der Waals surface area contributed by atoms with Crippen LogP contribution in [0, 0.1) is 0 Å². The first-order valence-corrected chi connectivity index (χ1v) is 7.64. The predicted octanol–water partition coefficient (Wildman–Crippen LogP) is 4.85. The van der Waals surface area contributed by atoms with E-state index in [4.69, 9.17) is 0 Å². The van der Waals surface area contributed by atoms with E-state index >= 15 is 0 Å². The maximum absolute atomic E-state index is 4.04. The van der Waals surface area contributed by atoms with E-state index in [2.05, 4.69) is 35.9 Å². The molecule has 0 unspecified atom stereocenters. The fraction of sp³-hybridized carbons (Fsp3) is 0.444. The molecule has 2 rings (SSSR count). The third kappa shape index (κ3) is 10.2. The van der Waals surface area contributed by atoms with Gasteiger partial charge in [0.1, 0.15) is 0 Å². The first-order chi connectivity index (χ1) is 9.86. The molecule has 0 aliphatic heterocycles. The van der Waals surface area contributed by atoms with Gasteiger partial charge in [0.05, 0.1) is 0 Å². The van der Waals surface area contributed by atoms with E-state index in [1.54, 1.807) is 0 Å². The zero-order valence-electron chi connectivity index (χ0n) is 13.1. The topological polar surface area (TPSA) is 25.8 Å². The Morgan fingerprint density at radius 1 is 0.762 bits per heavy atom. The van der Waals surface area contributed by atoms with E-state index in [0.717, 1.165) is 0 Å². The Kier molecular flexibility index (Phi) is 13.0. The van der Waals surface area contributed by atoms with Crippen molar-refractivity contribution in [1.29, 1.82) is 0 Å². The molecule has 0 aliphatic rings. The fourth-order valence-electron chi connectivity index (χ4n) is 1.85. The largest absolute Gasteiger partial charge is 0.264 e. The summed E-state index contributed by atoms with van der Waals surface area (Å²) in [6.07, 6.45) is 14.9. The van der Waals surface area contributed by atoms with Crippen LogP contribution < -0.4 is 0 Å². The van der Waals surface area contributed by atoms with E-state index in [1.165, 1.54) is 49.7 Å². The van der Waals surface area contributed by atoms with Crippen molar-refractivity contribution in [1.82, 2.24) is 9.97 Å². The first kappa shape index (κ1) is 19.8. The van der Waals surface area contributed by atoms with Crippen molar-refractivity contribution in [3.8, 4) is 0 Å². The molecule has 0 bridgehead atoms. The molecule has 0 aromatic carbocycles. The van der Waals surface area contributed by atoms with Gasteiger partial charge in [-0.05, 0) is 48.9 Å². The zero-order chi connectivity index (χ0) is 14.5. The maximum atomic E-state index is 4.04. The van der Waals surface area contributed by atoms with Gasteiger partial charge in [-0.2, -0.15) is 0 Å². The Morgan fingerprint density at radius 2 is 1.19 bits per heavy atom. The molecule has 0 N–H and O–H groups in total. The molecule has 2 heterocycles. The van der Waals surface area contributed by atoms with Gasteiger partial charge >= 0.3 is 0 Å². The van der Waals surface area contributed by atoms with Crippen LogP contribution in [0.1, 0.15) is 50.7 Å². The van der Waals surface area contributed by atoms with Gasteiger partial charge in [0.15, 0.2) is 0 Å². The molecule has 0 aliphatic carbocycles. The normalized spacial score (nSPS) is 9.24. The summed E-state index contributed by atoms with van der Waals surface area (Å²) in [5, 5.41) is 0. The van der Waals surface area contributed by atoms with E-state index < -0.39 is 0 Å². The van der Waals surface area contributed by atoms with Crippen LogP contribution in [0.4, 0.5) is 0 Å². The predicted molar refractivity (Wildman–Crippen MR) is 85.7 cm³/mol. The number of nitrogens with zero attached hydrogens (tertiary/aromatic N) is 2. The number of unbranched alkanes of at least 4 members (excludes halogenated alkanes) is 2. The molecule has 0 saturated carbocycles. The van der Waals surface area contributed by atoms with Crippen LogP contribution in [0.2, 0.25) is 0 Å². The van der Waals surface area contributed by atoms with E-state index in [1.807, 2.05) is 36.9 Å². The first-order valence-electron chi connectivity index (χ1n) is 7.64. The second-order valence-corrected chi connectivity index (χ2v) is 4.93. The molecule has 0 amide bonds. The third-order valence-electron chi connectivity index (χ3n) is 3.08. The van der Waals surface area contributed by atoms with Gasteiger partial charge < -0.3 is 0 Å². The summed E-state index contributed by atoms with van der Waals surface area (Å²) < 4.78 is 0. The van der Waals surface area contributed by atoms with E-state index in [-0.39, 0.29) is 17.1 Å². The molecular weight excluding hydrogens is 308 g/mol. The second kappa shape index (κ2) is 13.8. The maximum Gasteiger partial charge on any atom is 0.0299 e. The summed E-state index contributed by atoms with van der Waals surface area (Å²) in [4.78, 5) is 8.08. The molecule has 119 valence electrons. The van der Waals surface area contributed by atoms with Gasteiger partial charge in [-0.15, -0.1) is 0 Å². The van der Waals surface area contributed by atoms with Crippen molar-refractivity contribution in [2.75, 3.05) is 0 Å². The van der Waals surface area contributed by atoms with Crippen LogP contribution in [0.15, 0.2) is 49.1 Å². The summed E-state index contributed by atoms with van der Waals surface area (Å²) in [7, 11) is 0. The minimum absolute atomic E-state index is 0. The molecule has 3 heteroatoms. The van der Waals surface area contributed by atoms with Crippen molar-refractivity contribution in [2.45, 2.75) is 52.4 Å². The van der Waals surface area contributed by atoms with Gasteiger partial charge in [0.25, 0.3) is 0 Å². The van der Waals surface area contributed by atoms with Gasteiger partial charge in [0, 0.05) is 41.9 Å². The second-order valence-electron chi connectivity index (χ2n) is 4.93. The van der Waals surface area contributed by atoms with Crippen LogP contribution in [0.5, 0.6) is 0 Å². The van der Waals surface area contributed by atoms with Crippen molar-refractivity contribution >= 4 is 0 Å². The molecular formula is C18H26CuN2. The van der Waals surface area contributed by atoms with E-state index in [9.17, 15) is 0 Å². The van der Waals surface area contributed by atoms with Gasteiger partial charge in [-0.25, -0.2) is 0 Å². The van der Waals surface area contributed by atoms with Crippen LogP contribution in [0.3, 0.4) is 0 Å². The third-order valence-corrected chi connectivity index (χ3v) is 3.08. The average molecular weight is 334 g/mol. The Morgan fingerprint density at radius 3 is 1.48 bits per heavy atom. The molecule has 0 spiro atoms. The summed E-state index contributed by atoms with van der Waals surface area (Å²) in [5.74, 6) is 0. The van der Waals surface area contributed by atoms with Crippen LogP contribution in [-0.2, 0) is 29.9 Å². The Bertz CT molecular complexity index is 388. The summed E-state index contributed by atoms with van der Waals surface area (Å²) in [6.45, 7) is 4.41. The average Bonchev–Trinajstić information content (AvgIpc) is 2.53. The quantitative estimate of drug-likeness (QED) is 0.706. The van der Waals surface area contributed by atoms with Crippen LogP contribution in [-0.4, -0.2) is 9.97 Å². The van der Waals surface area contributed by atoms with Crippen molar-refractivity contribution in [3.63, 3.8) is 0 Å². The zero-order valence-corrected chi connectivity index (χ0v) is 14.0. The molecule has 0 saturated heterocycles. The summed E-state index contributed by atoms with van der Waals surface area (Å²) in [6, 6.07) is 8.24. The Hall–Kier alpha value is -1.18. The SMILES string of the molecule is CCCCc1cccnc1.CCCCc1cccnc1.[Cu]. The van der Waals surface area contributed by atoms with Crippen LogP contribution in [0.25, 0.3) is 0 Å². The van der Waals surface area contributed by atoms with Gasteiger partial charge in [-0.1, -0.05) is 38.8 Å². The molecule has 21 heavy (non-hydrogen) atoms. The van der Waals surface area contributed by atoms with Gasteiger partial charge in [-0.3, -0.25) is 9.97 Å². The van der Waals surface area contributed by atoms with Gasteiger partial charge in [0.2, 0.25) is 0 Å². The Labute approximate surface area is 139 Å². The molecule has 0 fully saturated rings. The van der Waals surface area contributed by atoms with E-state index in [0.29, 0.717) is 0 Å². The molecule has 1 radical (unpaired) electrons. The molecule has 2 nitrogen and oxygen atoms in total. The number of aromatic nitrogens is 2. The summed E-state index contributed by atoms with van der Waals surface area (Å²) in [5.41, 5.74) is 2.70.